The predicted octanol–water partition coefficient (Wildman–Crippen LogP) is 2.30. The molecule has 0 radical (unpaired) electrons. The van der Waals surface area contributed by atoms with E-state index in [0.717, 1.165) is 23.3 Å². The maximum atomic E-state index is 12.3. The van der Waals surface area contributed by atoms with E-state index in [9.17, 15) is 13.2 Å². The van der Waals surface area contributed by atoms with E-state index >= 15 is 0 Å². The van der Waals surface area contributed by atoms with Crippen LogP contribution in [0.15, 0.2) is 47.4 Å². The van der Waals surface area contributed by atoms with Crippen LogP contribution in [0.5, 0.6) is 5.75 Å². The number of Topliss-reactive ketones (excluding diaryl/α,β-unsaturated/α-hetero) is 1. The molecule has 0 aromatic heterocycles. The van der Waals surface area contributed by atoms with Crippen LogP contribution in [-0.2, 0) is 23.0 Å². The Morgan fingerprint density at radius 2 is 1.91 bits per heavy atom. The van der Waals surface area contributed by atoms with E-state index in [1.807, 2.05) is 18.2 Å². The first-order valence-corrected chi connectivity index (χ1v) is 8.79. The SMILES string of the molecule is CC(=O)c1ccc(S(=O)(=O)NCc2ccc3c(c2)CCO3)cc1. The minimum absolute atomic E-state index is 0.0951. The fourth-order valence-electron chi connectivity index (χ4n) is 2.48. The molecule has 2 aromatic rings. The second-order valence-electron chi connectivity index (χ2n) is 5.45. The molecule has 0 saturated heterocycles. The van der Waals surface area contributed by atoms with Gasteiger partial charge in [-0.25, -0.2) is 13.1 Å². The first-order valence-electron chi connectivity index (χ1n) is 7.31. The van der Waals surface area contributed by atoms with Gasteiger partial charge in [0.2, 0.25) is 10.0 Å². The number of rotatable bonds is 5. The van der Waals surface area contributed by atoms with Gasteiger partial charge in [-0.2, -0.15) is 0 Å². The monoisotopic (exact) mass is 331 g/mol. The van der Waals surface area contributed by atoms with Gasteiger partial charge in [0.1, 0.15) is 5.75 Å². The zero-order chi connectivity index (χ0) is 16.4. The van der Waals surface area contributed by atoms with Crippen molar-refractivity contribution in [2.24, 2.45) is 0 Å². The van der Waals surface area contributed by atoms with Crippen molar-refractivity contribution in [1.29, 1.82) is 0 Å². The maximum absolute atomic E-state index is 12.3. The third kappa shape index (κ3) is 3.43. The normalized spacial score (nSPS) is 13.4. The number of hydrogen-bond acceptors (Lipinski definition) is 4. The van der Waals surface area contributed by atoms with Gasteiger partial charge >= 0.3 is 0 Å². The van der Waals surface area contributed by atoms with E-state index in [-0.39, 0.29) is 17.2 Å². The van der Waals surface area contributed by atoms with Crippen molar-refractivity contribution < 1.29 is 17.9 Å². The molecular formula is C17H17NO4S. The van der Waals surface area contributed by atoms with Gasteiger partial charge < -0.3 is 4.74 Å². The van der Waals surface area contributed by atoms with Crippen LogP contribution in [0.3, 0.4) is 0 Å². The maximum Gasteiger partial charge on any atom is 0.240 e. The molecule has 0 aliphatic carbocycles. The number of ether oxygens (including phenoxy) is 1. The summed E-state index contributed by atoms with van der Waals surface area (Å²) in [6, 6.07) is 11.6. The lowest BCUT2D eigenvalue weighted by atomic mass is 10.1. The predicted molar refractivity (Wildman–Crippen MR) is 86.1 cm³/mol. The molecule has 1 aliphatic rings. The molecule has 0 saturated carbocycles. The van der Waals surface area contributed by atoms with Gasteiger partial charge in [-0.05, 0) is 36.2 Å². The highest BCUT2D eigenvalue weighted by Crippen LogP contribution is 2.26. The lowest BCUT2D eigenvalue weighted by Crippen LogP contribution is -2.23. The zero-order valence-electron chi connectivity index (χ0n) is 12.7. The van der Waals surface area contributed by atoms with Crippen molar-refractivity contribution in [3.05, 3.63) is 59.2 Å². The van der Waals surface area contributed by atoms with Gasteiger partial charge in [-0.1, -0.05) is 24.3 Å². The Hall–Kier alpha value is -2.18. The summed E-state index contributed by atoms with van der Waals surface area (Å²) in [7, 11) is -3.61. The zero-order valence-corrected chi connectivity index (χ0v) is 13.5. The first-order chi connectivity index (χ1) is 11.0. The quantitative estimate of drug-likeness (QED) is 0.853. The molecule has 1 heterocycles. The van der Waals surface area contributed by atoms with Gasteiger partial charge in [0.25, 0.3) is 0 Å². The molecule has 6 heteroatoms. The van der Waals surface area contributed by atoms with Crippen molar-refractivity contribution in [2.75, 3.05) is 6.61 Å². The van der Waals surface area contributed by atoms with Crippen molar-refractivity contribution in [3.63, 3.8) is 0 Å². The molecule has 0 amide bonds. The molecule has 0 fully saturated rings. The number of carbonyl (C=O) groups excluding carboxylic acids is 1. The van der Waals surface area contributed by atoms with Crippen LogP contribution in [0.1, 0.15) is 28.4 Å². The Morgan fingerprint density at radius 1 is 1.17 bits per heavy atom. The molecule has 0 atom stereocenters. The Labute approximate surface area is 135 Å². The van der Waals surface area contributed by atoms with E-state index in [4.69, 9.17) is 4.74 Å². The number of hydrogen-bond donors (Lipinski definition) is 1. The van der Waals surface area contributed by atoms with Crippen LogP contribution >= 0.6 is 0 Å². The third-order valence-corrected chi connectivity index (χ3v) is 5.21. The summed E-state index contributed by atoms with van der Waals surface area (Å²) in [5, 5.41) is 0. The highest BCUT2D eigenvalue weighted by Gasteiger charge is 2.16. The summed E-state index contributed by atoms with van der Waals surface area (Å²) >= 11 is 0. The van der Waals surface area contributed by atoms with Crippen LogP contribution in [0.2, 0.25) is 0 Å². The van der Waals surface area contributed by atoms with E-state index in [1.54, 1.807) is 0 Å². The Morgan fingerprint density at radius 3 is 2.61 bits per heavy atom. The van der Waals surface area contributed by atoms with Crippen LogP contribution in [-0.4, -0.2) is 20.8 Å². The van der Waals surface area contributed by atoms with Crippen LogP contribution in [0.4, 0.5) is 0 Å². The van der Waals surface area contributed by atoms with Gasteiger partial charge in [0.05, 0.1) is 11.5 Å². The van der Waals surface area contributed by atoms with Crippen molar-refractivity contribution in [2.45, 2.75) is 24.8 Å². The fraction of sp³-hybridized carbons (Fsp3) is 0.235. The summed E-state index contributed by atoms with van der Waals surface area (Å²) < 4.78 is 32.6. The van der Waals surface area contributed by atoms with Gasteiger partial charge in [-0.3, -0.25) is 4.79 Å². The average molecular weight is 331 g/mol. The summed E-state index contributed by atoms with van der Waals surface area (Å²) in [5.41, 5.74) is 2.48. The molecule has 3 rings (SSSR count). The molecule has 0 spiro atoms. The van der Waals surface area contributed by atoms with Crippen LogP contribution in [0.25, 0.3) is 0 Å². The largest absolute Gasteiger partial charge is 0.493 e. The van der Waals surface area contributed by atoms with E-state index < -0.39 is 10.0 Å². The minimum Gasteiger partial charge on any atom is -0.493 e. The van der Waals surface area contributed by atoms with E-state index in [0.29, 0.717) is 12.2 Å². The Balaban J connectivity index is 1.72. The smallest absolute Gasteiger partial charge is 0.240 e. The minimum atomic E-state index is -3.61. The summed E-state index contributed by atoms with van der Waals surface area (Å²) in [4.78, 5) is 11.4. The molecule has 0 unspecified atom stereocenters. The molecule has 0 bridgehead atoms. The highest BCUT2D eigenvalue weighted by molar-refractivity contribution is 7.89. The molecule has 5 nitrogen and oxygen atoms in total. The number of fused-ring (bicyclic) bond motifs is 1. The number of nitrogens with one attached hydrogen (secondary N) is 1. The molecular weight excluding hydrogens is 314 g/mol. The Bertz CT molecular complexity index is 841. The second kappa shape index (κ2) is 6.14. The topological polar surface area (TPSA) is 72.5 Å². The van der Waals surface area contributed by atoms with E-state index in [1.165, 1.54) is 31.2 Å². The molecule has 1 aliphatic heterocycles. The summed E-state index contributed by atoms with van der Waals surface area (Å²) in [6.45, 7) is 2.33. The fourth-order valence-corrected chi connectivity index (χ4v) is 3.50. The Kier molecular flexibility index (Phi) is 4.19. The molecule has 120 valence electrons. The summed E-state index contributed by atoms with van der Waals surface area (Å²) in [6.07, 6.45) is 0.850. The second-order valence-corrected chi connectivity index (χ2v) is 7.21. The van der Waals surface area contributed by atoms with Gasteiger partial charge in [-0.15, -0.1) is 0 Å². The van der Waals surface area contributed by atoms with Crippen LogP contribution in [0, 0.1) is 0 Å². The standard InChI is InChI=1S/C17H17NO4S/c1-12(19)14-3-5-16(6-4-14)23(20,21)18-11-13-2-7-17-15(10-13)8-9-22-17/h2-7,10,18H,8-9,11H2,1H3. The van der Waals surface area contributed by atoms with Crippen LogP contribution < -0.4 is 9.46 Å². The van der Waals surface area contributed by atoms with Crippen molar-refractivity contribution >= 4 is 15.8 Å². The molecule has 23 heavy (non-hydrogen) atoms. The number of benzene rings is 2. The highest BCUT2D eigenvalue weighted by atomic mass is 32.2. The lowest BCUT2D eigenvalue weighted by Gasteiger charge is -2.08. The van der Waals surface area contributed by atoms with Crippen molar-refractivity contribution in [3.8, 4) is 5.75 Å². The van der Waals surface area contributed by atoms with Gasteiger partial charge in [0, 0.05) is 18.5 Å². The molecule has 1 N–H and O–H groups in total. The van der Waals surface area contributed by atoms with Gasteiger partial charge in [0.15, 0.2) is 5.78 Å². The third-order valence-electron chi connectivity index (χ3n) is 3.79. The first kappa shape index (κ1) is 15.7. The lowest BCUT2D eigenvalue weighted by molar-refractivity contribution is 0.101. The number of carbonyl (C=O) groups is 1. The number of sulfonamides is 1. The number of ketones is 1. The summed E-state index contributed by atoms with van der Waals surface area (Å²) in [5.74, 6) is 0.777. The van der Waals surface area contributed by atoms with E-state index in [2.05, 4.69) is 4.72 Å². The van der Waals surface area contributed by atoms with Crippen molar-refractivity contribution in [1.82, 2.24) is 4.72 Å². The molecule has 2 aromatic carbocycles. The average Bonchev–Trinajstić information content (AvgIpc) is 3.01.